The minimum atomic E-state index is -0.562. The van der Waals surface area contributed by atoms with Gasteiger partial charge >= 0.3 is 11.9 Å². The van der Waals surface area contributed by atoms with Crippen LogP contribution < -0.4 is 0 Å². The molecular weight excluding hydrogens is 342 g/mol. The summed E-state index contributed by atoms with van der Waals surface area (Å²) in [5.41, 5.74) is 0.990. The molecule has 6 nitrogen and oxygen atoms in total. The number of carbonyl (C=O) groups is 2. The van der Waals surface area contributed by atoms with Crippen molar-refractivity contribution in [2.24, 2.45) is 0 Å². The van der Waals surface area contributed by atoms with E-state index in [0.717, 1.165) is 21.6 Å². The SMILES string of the molecule is COC(=O)c1ccc(COC(=O)CCCc2nc3ccccc3s2)o1. The highest BCUT2D eigenvalue weighted by molar-refractivity contribution is 7.18. The number of fused-ring (bicyclic) bond motifs is 1. The smallest absolute Gasteiger partial charge is 0.373 e. The van der Waals surface area contributed by atoms with E-state index >= 15 is 0 Å². The van der Waals surface area contributed by atoms with Gasteiger partial charge in [-0.2, -0.15) is 0 Å². The van der Waals surface area contributed by atoms with Crippen molar-refractivity contribution < 1.29 is 23.5 Å². The Morgan fingerprint density at radius 3 is 2.84 bits per heavy atom. The quantitative estimate of drug-likeness (QED) is 0.598. The first-order chi connectivity index (χ1) is 12.2. The van der Waals surface area contributed by atoms with Crippen molar-refractivity contribution in [2.75, 3.05) is 7.11 Å². The first-order valence-corrected chi connectivity index (χ1v) is 8.64. The third-order valence-corrected chi connectivity index (χ3v) is 4.63. The molecule has 3 rings (SSSR count). The molecule has 7 heteroatoms. The first-order valence-electron chi connectivity index (χ1n) is 7.83. The molecule has 130 valence electrons. The summed E-state index contributed by atoms with van der Waals surface area (Å²) >= 11 is 1.64. The predicted molar refractivity (Wildman–Crippen MR) is 92.4 cm³/mol. The van der Waals surface area contributed by atoms with Gasteiger partial charge in [-0.3, -0.25) is 4.79 Å². The second-order valence-corrected chi connectivity index (χ2v) is 6.46. The topological polar surface area (TPSA) is 78.6 Å². The monoisotopic (exact) mass is 359 g/mol. The van der Waals surface area contributed by atoms with Gasteiger partial charge in [-0.25, -0.2) is 9.78 Å². The summed E-state index contributed by atoms with van der Waals surface area (Å²) in [4.78, 5) is 27.6. The van der Waals surface area contributed by atoms with E-state index in [1.54, 1.807) is 17.4 Å². The zero-order valence-electron chi connectivity index (χ0n) is 13.7. The number of furan rings is 1. The number of aromatic nitrogens is 1. The summed E-state index contributed by atoms with van der Waals surface area (Å²) in [7, 11) is 1.27. The molecule has 0 bridgehead atoms. The summed E-state index contributed by atoms with van der Waals surface area (Å²) in [5.74, 6) is -0.380. The highest BCUT2D eigenvalue weighted by Crippen LogP contribution is 2.22. The van der Waals surface area contributed by atoms with Crippen LogP contribution in [0.2, 0.25) is 0 Å². The maximum Gasteiger partial charge on any atom is 0.373 e. The third kappa shape index (κ3) is 4.45. The zero-order chi connectivity index (χ0) is 17.6. The van der Waals surface area contributed by atoms with Crippen LogP contribution in [0.3, 0.4) is 0 Å². The Kier molecular flexibility index (Phi) is 5.45. The third-order valence-electron chi connectivity index (χ3n) is 3.53. The molecule has 0 saturated heterocycles. The van der Waals surface area contributed by atoms with E-state index in [0.29, 0.717) is 18.6 Å². The number of nitrogens with zero attached hydrogens (tertiary/aromatic N) is 1. The van der Waals surface area contributed by atoms with Gasteiger partial charge in [0, 0.05) is 6.42 Å². The molecule has 1 aromatic carbocycles. The molecule has 0 atom stereocenters. The lowest BCUT2D eigenvalue weighted by Crippen LogP contribution is -2.04. The van der Waals surface area contributed by atoms with E-state index in [1.807, 2.05) is 24.3 Å². The predicted octanol–water partition coefficient (Wildman–Crippen LogP) is 3.74. The standard InChI is InChI=1S/C18H17NO5S/c1-22-18(21)14-10-9-12(24-14)11-23-17(20)8-4-7-16-19-13-5-2-3-6-15(13)25-16/h2-3,5-6,9-10H,4,7-8,11H2,1H3. The number of rotatable bonds is 7. The molecule has 2 heterocycles. The molecule has 25 heavy (non-hydrogen) atoms. The molecule has 0 fully saturated rings. The molecular formula is C18H17NO5S. The Morgan fingerprint density at radius 1 is 1.20 bits per heavy atom. The van der Waals surface area contributed by atoms with Crippen molar-refractivity contribution in [2.45, 2.75) is 25.9 Å². The van der Waals surface area contributed by atoms with E-state index in [1.165, 1.54) is 13.2 Å². The van der Waals surface area contributed by atoms with Crippen LogP contribution in [0.4, 0.5) is 0 Å². The van der Waals surface area contributed by atoms with Gasteiger partial charge in [-0.05, 0) is 37.1 Å². The molecule has 0 unspecified atom stereocenters. The average molecular weight is 359 g/mol. The molecule has 0 saturated carbocycles. The molecule has 0 amide bonds. The van der Waals surface area contributed by atoms with Crippen molar-refractivity contribution in [1.82, 2.24) is 4.98 Å². The summed E-state index contributed by atoms with van der Waals surface area (Å²) in [6.07, 6.45) is 1.71. The number of hydrogen-bond acceptors (Lipinski definition) is 7. The van der Waals surface area contributed by atoms with E-state index in [-0.39, 0.29) is 18.3 Å². The fourth-order valence-electron chi connectivity index (χ4n) is 2.30. The van der Waals surface area contributed by atoms with Crippen LogP contribution in [-0.4, -0.2) is 24.0 Å². The number of esters is 2. The summed E-state index contributed by atoms with van der Waals surface area (Å²) < 4.78 is 16.1. The van der Waals surface area contributed by atoms with Gasteiger partial charge in [0.25, 0.3) is 0 Å². The lowest BCUT2D eigenvalue weighted by Gasteiger charge is -2.02. The number of methoxy groups -OCH3 is 1. The second kappa shape index (κ2) is 7.94. The van der Waals surface area contributed by atoms with Gasteiger partial charge in [0.2, 0.25) is 5.76 Å². The van der Waals surface area contributed by atoms with E-state index in [2.05, 4.69) is 9.72 Å². The number of carbonyl (C=O) groups excluding carboxylic acids is 2. The van der Waals surface area contributed by atoms with Crippen molar-refractivity contribution in [3.8, 4) is 0 Å². The Bertz CT molecular complexity index is 849. The van der Waals surface area contributed by atoms with Crippen LogP contribution in [0.15, 0.2) is 40.8 Å². The number of para-hydroxylation sites is 1. The van der Waals surface area contributed by atoms with Crippen LogP contribution in [0.1, 0.15) is 34.2 Å². The highest BCUT2D eigenvalue weighted by Gasteiger charge is 2.12. The average Bonchev–Trinajstić information content (AvgIpc) is 3.25. The minimum absolute atomic E-state index is 0.00301. The highest BCUT2D eigenvalue weighted by atomic mass is 32.1. The van der Waals surface area contributed by atoms with Gasteiger partial charge in [0.1, 0.15) is 12.4 Å². The molecule has 0 aliphatic rings. The fourth-order valence-corrected chi connectivity index (χ4v) is 3.31. The molecule has 3 aromatic rings. The van der Waals surface area contributed by atoms with Crippen molar-refractivity contribution >= 4 is 33.5 Å². The number of hydrogen-bond donors (Lipinski definition) is 0. The first kappa shape index (κ1) is 17.2. The fraction of sp³-hybridized carbons (Fsp3) is 0.278. The zero-order valence-corrected chi connectivity index (χ0v) is 14.5. The molecule has 0 N–H and O–H groups in total. The molecule has 0 aliphatic carbocycles. The van der Waals surface area contributed by atoms with Crippen LogP contribution in [-0.2, 0) is 27.3 Å². The lowest BCUT2D eigenvalue weighted by molar-refractivity contribution is -0.145. The van der Waals surface area contributed by atoms with Crippen LogP contribution in [0, 0.1) is 0 Å². The largest absolute Gasteiger partial charge is 0.463 e. The number of benzene rings is 1. The second-order valence-electron chi connectivity index (χ2n) is 5.35. The van der Waals surface area contributed by atoms with Crippen LogP contribution >= 0.6 is 11.3 Å². The van der Waals surface area contributed by atoms with Crippen molar-refractivity contribution in [3.05, 3.63) is 52.9 Å². The van der Waals surface area contributed by atoms with Gasteiger partial charge in [-0.15, -0.1) is 11.3 Å². The summed E-state index contributed by atoms with van der Waals surface area (Å²) in [6, 6.07) is 11.0. The van der Waals surface area contributed by atoms with Crippen molar-refractivity contribution in [3.63, 3.8) is 0 Å². The Hall–Kier alpha value is -2.67. The Labute approximate surface area is 148 Å². The number of thiazole rings is 1. The van der Waals surface area contributed by atoms with E-state index < -0.39 is 5.97 Å². The van der Waals surface area contributed by atoms with E-state index in [4.69, 9.17) is 9.15 Å². The van der Waals surface area contributed by atoms with E-state index in [9.17, 15) is 9.59 Å². The molecule has 0 radical (unpaired) electrons. The number of ether oxygens (including phenoxy) is 2. The van der Waals surface area contributed by atoms with Crippen molar-refractivity contribution in [1.29, 1.82) is 0 Å². The van der Waals surface area contributed by atoms with Gasteiger partial charge in [0.05, 0.1) is 22.3 Å². The molecule has 0 aliphatic heterocycles. The lowest BCUT2D eigenvalue weighted by atomic mass is 10.2. The van der Waals surface area contributed by atoms with Crippen LogP contribution in [0.25, 0.3) is 10.2 Å². The Balaban J connectivity index is 1.42. The Morgan fingerprint density at radius 2 is 2.04 bits per heavy atom. The van der Waals surface area contributed by atoms with Crippen LogP contribution in [0.5, 0.6) is 0 Å². The van der Waals surface area contributed by atoms with Gasteiger partial charge in [0.15, 0.2) is 0 Å². The maximum atomic E-state index is 11.8. The van der Waals surface area contributed by atoms with Gasteiger partial charge < -0.3 is 13.9 Å². The van der Waals surface area contributed by atoms with Gasteiger partial charge in [-0.1, -0.05) is 12.1 Å². The minimum Gasteiger partial charge on any atom is -0.463 e. The summed E-state index contributed by atoms with van der Waals surface area (Å²) in [5, 5.41) is 1.02. The molecule has 0 spiro atoms. The summed E-state index contributed by atoms with van der Waals surface area (Å²) in [6.45, 7) is -0.00301. The number of aryl methyl sites for hydroxylation is 1. The molecule has 2 aromatic heterocycles. The maximum absolute atomic E-state index is 11.8. The normalized spacial score (nSPS) is 10.8.